The average Bonchev–Trinajstić information content (AvgIpc) is 2.12. The van der Waals surface area contributed by atoms with Gasteiger partial charge in [-0.25, -0.2) is 0 Å². The summed E-state index contributed by atoms with van der Waals surface area (Å²) >= 11 is 0. The van der Waals surface area contributed by atoms with E-state index < -0.39 is 0 Å². The van der Waals surface area contributed by atoms with Gasteiger partial charge < -0.3 is 9.84 Å². The van der Waals surface area contributed by atoms with Crippen molar-refractivity contribution in [2.75, 3.05) is 6.61 Å². The van der Waals surface area contributed by atoms with Crippen LogP contribution in [0.5, 0.6) is 5.75 Å². The molecular weight excluding hydrogens is 164 g/mol. The molecule has 0 amide bonds. The monoisotopic (exact) mass is 178 g/mol. The molecule has 0 aromatic heterocycles. The Balaban J connectivity index is 2.44. The second-order valence-electron chi connectivity index (χ2n) is 3.71. The standard InChI is InChI=1S/C11H14O2/c1-7-3-4-9-8(2)10(12)6-13-11(9)5-7/h3-5,8,10,12H,6H2,1-2H3/t8-,10-/m1/s1. The van der Waals surface area contributed by atoms with Crippen molar-refractivity contribution in [2.24, 2.45) is 0 Å². The fourth-order valence-corrected chi connectivity index (χ4v) is 1.67. The lowest BCUT2D eigenvalue weighted by Crippen LogP contribution is -2.28. The molecule has 1 N–H and O–H groups in total. The van der Waals surface area contributed by atoms with Crippen LogP contribution < -0.4 is 4.74 Å². The van der Waals surface area contributed by atoms with E-state index in [2.05, 4.69) is 6.07 Å². The summed E-state index contributed by atoms with van der Waals surface area (Å²) in [7, 11) is 0. The highest BCUT2D eigenvalue weighted by Crippen LogP contribution is 2.33. The molecule has 2 rings (SSSR count). The van der Waals surface area contributed by atoms with Gasteiger partial charge in [-0.3, -0.25) is 0 Å². The number of fused-ring (bicyclic) bond motifs is 1. The second-order valence-corrected chi connectivity index (χ2v) is 3.71. The summed E-state index contributed by atoms with van der Waals surface area (Å²) in [4.78, 5) is 0. The van der Waals surface area contributed by atoms with Crippen LogP contribution in [0, 0.1) is 6.92 Å². The molecule has 2 atom stereocenters. The summed E-state index contributed by atoms with van der Waals surface area (Å²) in [5.41, 5.74) is 2.31. The third-order valence-corrected chi connectivity index (χ3v) is 2.65. The lowest BCUT2D eigenvalue weighted by molar-refractivity contribution is 0.0713. The molecule has 0 spiro atoms. The Hall–Kier alpha value is -1.02. The van der Waals surface area contributed by atoms with Gasteiger partial charge in [-0.1, -0.05) is 19.1 Å². The van der Waals surface area contributed by atoms with E-state index in [1.165, 1.54) is 5.56 Å². The molecule has 1 aromatic rings. The van der Waals surface area contributed by atoms with E-state index in [0.29, 0.717) is 6.61 Å². The van der Waals surface area contributed by atoms with Crippen LogP contribution in [0.2, 0.25) is 0 Å². The maximum atomic E-state index is 9.57. The van der Waals surface area contributed by atoms with Gasteiger partial charge in [-0.15, -0.1) is 0 Å². The van der Waals surface area contributed by atoms with Gasteiger partial charge in [0.25, 0.3) is 0 Å². The Morgan fingerprint density at radius 1 is 1.46 bits per heavy atom. The van der Waals surface area contributed by atoms with E-state index in [1.54, 1.807) is 0 Å². The zero-order valence-corrected chi connectivity index (χ0v) is 7.95. The normalized spacial score (nSPS) is 26.4. The van der Waals surface area contributed by atoms with Crippen molar-refractivity contribution in [3.63, 3.8) is 0 Å². The smallest absolute Gasteiger partial charge is 0.123 e. The van der Waals surface area contributed by atoms with Crippen molar-refractivity contribution < 1.29 is 9.84 Å². The molecule has 13 heavy (non-hydrogen) atoms. The summed E-state index contributed by atoms with van der Waals surface area (Å²) in [5.74, 6) is 1.11. The highest BCUT2D eigenvalue weighted by Gasteiger charge is 2.25. The van der Waals surface area contributed by atoms with Crippen molar-refractivity contribution in [1.29, 1.82) is 0 Å². The van der Waals surface area contributed by atoms with Gasteiger partial charge in [0.2, 0.25) is 0 Å². The first-order chi connectivity index (χ1) is 6.18. The minimum absolute atomic E-state index is 0.185. The van der Waals surface area contributed by atoms with Crippen LogP contribution in [0.3, 0.4) is 0 Å². The predicted molar refractivity (Wildman–Crippen MR) is 51.1 cm³/mol. The quantitative estimate of drug-likeness (QED) is 0.657. The van der Waals surface area contributed by atoms with Gasteiger partial charge in [-0.05, 0) is 24.1 Å². The summed E-state index contributed by atoms with van der Waals surface area (Å²) in [6.07, 6.45) is -0.366. The first kappa shape index (κ1) is 8.57. The van der Waals surface area contributed by atoms with Crippen LogP contribution in [0.4, 0.5) is 0 Å². The lowest BCUT2D eigenvalue weighted by atomic mass is 9.92. The molecular formula is C11H14O2. The minimum atomic E-state index is -0.366. The number of ether oxygens (including phenoxy) is 1. The van der Waals surface area contributed by atoms with Crippen LogP contribution >= 0.6 is 0 Å². The van der Waals surface area contributed by atoms with Gasteiger partial charge in [0, 0.05) is 5.92 Å². The first-order valence-electron chi connectivity index (χ1n) is 4.60. The van der Waals surface area contributed by atoms with Crippen LogP contribution in [0.15, 0.2) is 18.2 Å². The van der Waals surface area contributed by atoms with E-state index in [1.807, 2.05) is 26.0 Å². The Bertz CT molecular complexity index is 320. The van der Waals surface area contributed by atoms with Gasteiger partial charge in [0.05, 0.1) is 6.10 Å². The number of rotatable bonds is 0. The van der Waals surface area contributed by atoms with E-state index in [4.69, 9.17) is 4.74 Å². The van der Waals surface area contributed by atoms with E-state index in [0.717, 1.165) is 11.3 Å². The van der Waals surface area contributed by atoms with Crippen molar-refractivity contribution >= 4 is 0 Å². The van der Waals surface area contributed by atoms with Crippen LogP contribution in [-0.4, -0.2) is 17.8 Å². The molecule has 0 saturated heterocycles. The number of aliphatic hydroxyl groups is 1. The van der Waals surface area contributed by atoms with Crippen molar-refractivity contribution in [1.82, 2.24) is 0 Å². The number of benzene rings is 1. The highest BCUT2D eigenvalue weighted by atomic mass is 16.5. The fourth-order valence-electron chi connectivity index (χ4n) is 1.67. The van der Waals surface area contributed by atoms with E-state index in [-0.39, 0.29) is 12.0 Å². The molecule has 2 nitrogen and oxygen atoms in total. The van der Waals surface area contributed by atoms with Crippen molar-refractivity contribution in [3.8, 4) is 5.75 Å². The Kier molecular flexibility index (Phi) is 2.00. The van der Waals surface area contributed by atoms with Crippen LogP contribution in [0.25, 0.3) is 0 Å². The Morgan fingerprint density at radius 2 is 2.23 bits per heavy atom. The highest BCUT2D eigenvalue weighted by molar-refractivity contribution is 5.41. The third kappa shape index (κ3) is 1.42. The van der Waals surface area contributed by atoms with Crippen molar-refractivity contribution in [3.05, 3.63) is 29.3 Å². The maximum absolute atomic E-state index is 9.57. The summed E-state index contributed by atoms with van der Waals surface area (Å²) in [6.45, 7) is 4.48. The summed E-state index contributed by atoms with van der Waals surface area (Å²) in [5, 5.41) is 9.57. The largest absolute Gasteiger partial charge is 0.491 e. The molecule has 1 aliphatic heterocycles. The van der Waals surface area contributed by atoms with Crippen LogP contribution in [-0.2, 0) is 0 Å². The predicted octanol–water partition coefficient (Wildman–Crippen LogP) is 1.85. The molecule has 0 bridgehead atoms. The van der Waals surface area contributed by atoms with Gasteiger partial charge in [-0.2, -0.15) is 0 Å². The number of aryl methyl sites for hydroxylation is 1. The number of hydrogen-bond acceptors (Lipinski definition) is 2. The molecule has 70 valence electrons. The topological polar surface area (TPSA) is 29.5 Å². The molecule has 2 heteroatoms. The zero-order chi connectivity index (χ0) is 9.42. The molecule has 0 saturated carbocycles. The van der Waals surface area contributed by atoms with Crippen LogP contribution in [0.1, 0.15) is 24.0 Å². The molecule has 0 radical (unpaired) electrons. The van der Waals surface area contributed by atoms with Crippen molar-refractivity contribution in [2.45, 2.75) is 25.9 Å². The van der Waals surface area contributed by atoms with E-state index in [9.17, 15) is 5.11 Å². The minimum Gasteiger partial charge on any atom is -0.491 e. The molecule has 0 fully saturated rings. The number of hydrogen-bond donors (Lipinski definition) is 1. The molecule has 0 aliphatic carbocycles. The average molecular weight is 178 g/mol. The van der Waals surface area contributed by atoms with Gasteiger partial charge in [0.15, 0.2) is 0 Å². The summed E-state index contributed by atoms with van der Waals surface area (Å²) < 4.78 is 5.44. The third-order valence-electron chi connectivity index (χ3n) is 2.65. The first-order valence-corrected chi connectivity index (χ1v) is 4.60. The molecule has 0 unspecified atom stereocenters. The second kappa shape index (κ2) is 3.04. The SMILES string of the molecule is Cc1ccc2c(c1)OC[C@@H](O)[C@@H]2C. The van der Waals surface area contributed by atoms with Gasteiger partial charge >= 0.3 is 0 Å². The molecule has 1 aliphatic rings. The van der Waals surface area contributed by atoms with E-state index >= 15 is 0 Å². The molecule has 1 heterocycles. The summed E-state index contributed by atoms with van der Waals surface area (Å²) in [6, 6.07) is 6.12. The molecule has 1 aromatic carbocycles. The van der Waals surface area contributed by atoms with Gasteiger partial charge in [0.1, 0.15) is 12.4 Å². The Morgan fingerprint density at radius 3 is 3.00 bits per heavy atom. The fraction of sp³-hybridized carbons (Fsp3) is 0.455. The maximum Gasteiger partial charge on any atom is 0.123 e. The lowest BCUT2D eigenvalue weighted by Gasteiger charge is -2.27. The number of aliphatic hydroxyl groups excluding tert-OH is 1. The zero-order valence-electron chi connectivity index (χ0n) is 7.95. The Labute approximate surface area is 78.2 Å².